The molecule has 2 aromatic heterocycles. The van der Waals surface area contributed by atoms with E-state index >= 15 is 0 Å². The number of aromatic nitrogens is 2. The van der Waals surface area contributed by atoms with Crippen LogP contribution in [0.5, 0.6) is 0 Å². The first-order valence-corrected chi connectivity index (χ1v) is 4.29. The molecule has 0 spiro atoms. The molecule has 0 radical (unpaired) electrons. The quantitative estimate of drug-likeness (QED) is 0.636. The molecule has 3 heterocycles. The van der Waals surface area contributed by atoms with Crippen molar-refractivity contribution in [1.29, 1.82) is 0 Å². The van der Waals surface area contributed by atoms with E-state index in [-0.39, 0.29) is 0 Å². The number of hydrogen-bond acceptors (Lipinski definition) is 2. The van der Waals surface area contributed by atoms with Crippen molar-refractivity contribution in [2.75, 3.05) is 5.32 Å². The maximum Gasteiger partial charge on any atom is 0.0610 e. The molecule has 2 aromatic rings. The molecule has 3 rings (SSSR count). The SMILES string of the molecule is c1cc2c(cn1)NCc1[nH]ccc1-2. The van der Waals surface area contributed by atoms with Crippen LogP contribution in [0.1, 0.15) is 5.69 Å². The van der Waals surface area contributed by atoms with Crippen molar-refractivity contribution in [2.24, 2.45) is 0 Å². The first-order valence-electron chi connectivity index (χ1n) is 4.29. The molecule has 3 nitrogen and oxygen atoms in total. The molecular weight excluding hydrogens is 162 g/mol. The Morgan fingerprint density at radius 1 is 1.23 bits per heavy atom. The van der Waals surface area contributed by atoms with E-state index in [9.17, 15) is 0 Å². The number of aromatic amines is 1. The van der Waals surface area contributed by atoms with Crippen LogP contribution in [0.3, 0.4) is 0 Å². The maximum atomic E-state index is 4.08. The Labute approximate surface area is 75.8 Å². The van der Waals surface area contributed by atoms with E-state index in [1.807, 2.05) is 24.7 Å². The number of hydrogen-bond donors (Lipinski definition) is 2. The Morgan fingerprint density at radius 3 is 3.23 bits per heavy atom. The Kier molecular flexibility index (Phi) is 1.22. The van der Waals surface area contributed by atoms with Gasteiger partial charge in [-0.15, -0.1) is 0 Å². The number of pyridine rings is 1. The molecule has 0 fully saturated rings. The summed E-state index contributed by atoms with van der Waals surface area (Å²) in [5.74, 6) is 0. The van der Waals surface area contributed by atoms with Crippen LogP contribution in [0, 0.1) is 0 Å². The van der Waals surface area contributed by atoms with Gasteiger partial charge in [-0.2, -0.15) is 0 Å². The zero-order valence-electron chi connectivity index (χ0n) is 7.04. The summed E-state index contributed by atoms with van der Waals surface area (Å²) >= 11 is 0. The van der Waals surface area contributed by atoms with Crippen LogP contribution in [0.2, 0.25) is 0 Å². The number of rotatable bonds is 0. The minimum absolute atomic E-state index is 0.862. The van der Waals surface area contributed by atoms with Gasteiger partial charge in [-0.25, -0.2) is 0 Å². The molecule has 64 valence electrons. The second-order valence-electron chi connectivity index (χ2n) is 3.14. The second-order valence-corrected chi connectivity index (χ2v) is 3.14. The third kappa shape index (κ3) is 0.869. The minimum atomic E-state index is 0.862. The fraction of sp³-hybridized carbons (Fsp3) is 0.100. The molecule has 0 amide bonds. The van der Waals surface area contributed by atoms with Gasteiger partial charge in [0, 0.05) is 29.2 Å². The highest BCUT2D eigenvalue weighted by Crippen LogP contribution is 2.33. The van der Waals surface area contributed by atoms with Crippen molar-refractivity contribution in [3.63, 3.8) is 0 Å². The van der Waals surface area contributed by atoms with Crippen LogP contribution < -0.4 is 5.32 Å². The van der Waals surface area contributed by atoms with Crippen molar-refractivity contribution in [2.45, 2.75) is 6.54 Å². The highest BCUT2D eigenvalue weighted by Gasteiger charge is 2.15. The summed E-state index contributed by atoms with van der Waals surface area (Å²) in [6.07, 6.45) is 5.66. The molecule has 0 unspecified atom stereocenters. The van der Waals surface area contributed by atoms with E-state index in [0.717, 1.165) is 12.2 Å². The minimum Gasteiger partial charge on any atom is -0.378 e. The van der Waals surface area contributed by atoms with Crippen molar-refractivity contribution in [3.05, 3.63) is 36.4 Å². The molecule has 13 heavy (non-hydrogen) atoms. The monoisotopic (exact) mass is 171 g/mol. The first kappa shape index (κ1) is 6.71. The molecule has 0 aliphatic carbocycles. The second kappa shape index (κ2) is 2.36. The van der Waals surface area contributed by atoms with Gasteiger partial charge in [-0.05, 0) is 12.1 Å². The van der Waals surface area contributed by atoms with Crippen LogP contribution in [-0.4, -0.2) is 9.97 Å². The largest absolute Gasteiger partial charge is 0.378 e. The number of anilines is 1. The third-order valence-corrected chi connectivity index (χ3v) is 2.40. The zero-order chi connectivity index (χ0) is 8.67. The fourth-order valence-electron chi connectivity index (χ4n) is 1.76. The van der Waals surface area contributed by atoms with Crippen LogP contribution in [0.15, 0.2) is 30.7 Å². The predicted octanol–water partition coefficient (Wildman–Crippen LogP) is 2.00. The van der Waals surface area contributed by atoms with E-state index in [1.165, 1.54) is 16.8 Å². The molecule has 0 saturated heterocycles. The van der Waals surface area contributed by atoms with E-state index in [1.54, 1.807) is 0 Å². The van der Waals surface area contributed by atoms with Gasteiger partial charge < -0.3 is 10.3 Å². The van der Waals surface area contributed by atoms with Crippen LogP contribution in [0.25, 0.3) is 11.1 Å². The van der Waals surface area contributed by atoms with Gasteiger partial charge in [-0.3, -0.25) is 4.98 Å². The molecule has 0 bridgehead atoms. The van der Waals surface area contributed by atoms with Crippen molar-refractivity contribution < 1.29 is 0 Å². The summed E-state index contributed by atoms with van der Waals surface area (Å²) in [6.45, 7) is 0.862. The number of fused-ring (bicyclic) bond motifs is 3. The average Bonchev–Trinajstić information content (AvgIpc) is 2.65. The summed E-state index contributed by atoms with van der Waals surface area (Å²) in [5.41, 5.74) is 4.89. The fourth-order valence-corrected chi connectivity index (χ4v) is 1.76. The highest BCUT2D eigenvalue weighted by molar-refractivity contribution is 5.81. The van der Waals surface area contributed by atoms with Gasteiger partial charge in [0.25, 0.3) is 0 Å². The van der Waals surface area contributed by atoms with E-state index in [0.29, 0.717) is 0 Å². The van der Waals surface area contributed by atoms with E-state index < -0.39 is 0 Å². The normalized spacial score (nSPS) is 12.9. The maximum absolute atomic E-state index is 4.08. The average molecular weight is 171 g/mol. The standard InChI is InChI=1S/C10H9N3/c1-3-11-5-9-7(1)8-2-4-12-10(8)6-13-9/h1-5,12-13H,6H2. The van der Waals surface area contributed by atoms with Crippen molar-refractivity contribution in [1.82, 2.24) is 9.97 Å². The number of nitrogens with one attached hydrogen (secondary N) is 2. The lowest BCUT2D eigenvalue weighted by atomic mass is 10.0. The zero-order valence-corrected chi connectivity index (χ0v) is 7.04. The lowest BCUT2D eigenvalue weighted by molar-refractivity contribution is 1.05. The summed E-state index contributed by atoms with van der Waals surface area (Å²) in [6, 6.07) is 4.14. The van der Waals surface area contributed by atoms with Gasteiger partial charge in [0.15, 0.2) is 0 Å². The third-order valence-electron chi connectivity index (χ3n) is 2.40. The molecule has 2 N–H and O–H groups in total. The van der Waals surface area contributed by atoms with E-state index in [4.69, 9.17) is 0 Å². The molecule has 0 saturated carbocycles. The predicted molar refractivity (Wildman–Crippen MR) is 51.4 cm³/mol. The number of H-pyrrole nitrogens is 1. The Bertz CT molecular complexity index is 445. The van der Waals surface area contributed by atoms with Crippen LogP contribution in [-0.2, 0) is 6.54 Å². The van der Waals surface area contributed by atoms with E-state index in [2.05, 4.69) is 21.4 Å². The summed E-state index contributed by atoms with van der Waals surface area (Å²) in [4.78, 5) is 7.30. The lowest BCUT2D eigenvalue weighted by Crippen LogP contribution is -2.07. The lowest BCUT2D eigenvalue weighted by Gasteiger charge is -2.17. The molecule has 3 heteroatoms. The molecule has 1 aliphatic heterocycles. The van der Waals surface area contributed by atoms with Crippen molar-refractivity contribution in [3.8, 4) is 11.1 Å². The molecular formula is C10H9N3. The Morgan fingerprint density at radius 2 is 2.23 bits per heavy atom. The topological polar surface area (TPSA) is 40.7 Å². The van der Waals surface area contributed by atoms with Gasteiger partial charge >= 0.3 is 0 Å². The first-order chi connectivity index (χ1) is 6.45. The van der Waals surface area contributed by atoms with Crippen molar-refractivity contribution >= 4 is 5.69 Å². The Hall–Kier alpha value is -1.77. The molecule has 0 aromatic carbocycles. The summed E-state index contributed by atoms with van der Waals surface area (Å²) in [5, 5.41) is 3.31. The van der Waals surface area contributed by atoms with Gasteiger partial charge in [0.05, 0.1) is 18.4 Å². The van der Waals surface area contributed by atoms with Gasteiger partial charge in [0.1, 0.15) is 0 Å². The van der Waals surface area contributed by atoms with Crippen LogP contribution >= 0.6 is 0 Å². The van der Waals surface area contributed by atoms with Gasteiger partial charge in [0.2, 0.25) is 0 Å². The molecule has 0 atom stereocenters. The number of nitrogens with zero attached hydrogens (tertiary/aromatic N) is 1. The van der Waals surface area contributed by atoms with Crippen LogP contribution in [0.4, 0.5) is 5.69 Å². The van der Waals surface area contributed by atoms with Gasteiger partial charge in [-0.1, -0.05) is 0 Å². The summed E-state index contributed by atoms with van der Waals surface area (Å²) < 4.78 is 0. The smallest absolute Gasteiger partial charge is 0.0610 e. The molecule has 1 aliphatic rings. The Balaban J connectivity index is 2.30. The highest BCUT2D eigenvalue weighted by atomic mass is 14.9. The summed E-state index contributed by atoms with van der Waals surface area (Å²) in [7, 11) is 0.